The summed E-state index contributed by atoms with van der Waals surface area (Å²) in [5.74, 6) is -0.238. The first-order valence-electron chi connectivity index (χ1n) is 10.1. The molecule has 4 rings (SSSR count). The van der Waals surface area contributed by atoms with E-state index in [2.05, 4.69) is 5.32 Å². The monoisotopic (exact) mass is 405 g/mol. The Morgan fingerprint density at radius 2 is 1.77 bits per heavy atom. The minimum Gasteiger partial charge on any atom is -0.349 e. The van der Waals surface area contributed by atoms with E-state index in [9.17, 15) is 19.7 Å². The van der Waals surface area contributed by atoms with Crippen LogP contribution in [0.5, 0.6) is 0 Å². The van der Waals surface area contributed by atoms with Crippen molar-refractivity contribution in [1.82, 2.24) is 10.2 Å². The van der Waals surface area contributed by atoms with Crippen molar-refractivity contribution in [3.8, 4) is 0 Å². The number of rotatable bonds is 8. The molecule has 2 aliphatic carbocycles. The fourth-order valence-corrected chi connectivity index (χ4v) is 3.28. The molecule has 0 saturated heterocycles. The molecule has 2 aromatic rings. The van der Waals surface area contributed by atoms with E-state index in [1.165, 1.54) is 18.2 Å². The van der Waals surface area contributed by atoms with Crippen LogP contribution in [0.3, 0.4) is 0 Å². The first-order valence-corrected chi connectivity index (χ1v) is 10.1. The van der Waals surface area contributed by atoms with E-state index in [1.807, 2.05) is 12.1 Å². The zero-order chi connectivity index (χ0) is 21.1. The van der Waals surface area contributed by atoms with Crippen LogP contribution in [0.15, 0.2) is 54.6 Å². The van der Waals surface area contributed by atoms with Gasteiger partial charge in [0.05, 0.1) is 10.5 Å². The molecule has 0 spiro atoms. The summed E-state index contributed by atoms with van der Waals surface area (Å²) in [4.78, 5) is 37.4. The van der Waals surface area contributed by atoms with E-state index in [1.54, 1.807) is 35.2 Å². The third-order valence-corrected chi connectivity index (χ3v) is 5.29. The van der Waals surface area contributed by atoms with Gasteiger partial charge in [-0.1, -0.05) is 24.3 Å². The van der Waals surface area contributed by atoms with Crippen molar-refractivity contribution in [3.05, 3.63) is 81.4 Å². The fraction of sp³-hybridized carbons (Fsp3) is 0.304. The Hall–Kier alpha value is -3.48. The predicted octanol–water partition coefficient (Wildman–Crippen LogP) is 3.69. The van der Waals surface area contributed by atoms with Crippen LogP contribution in [0, 0.1) is 10.1 Å². The van der Waals surface area contributed by atoms with Crippen LogP contribution in [0.25, 0.3) is 6.08 Å². The molecule has 1 N–H and O–H groups in total. The van der Waals surface area contributed by atoms with Gasteiger partial charge in [-0.05, 0) is 55.5 Å². The summed E-state index contributed by atoms with van der Waals surface area (Å²) in [6.07, 6.45) is 6.89. The average Bonchev–Trinajstić information content (AvgIpc) is 3.66. The van der Waals surface area contributed by atoms with Gasteiger partial charge in [0.15, 0.2) is 0 Å². The second-order valence-corrected chi connectivity index (χ2v) is 7.79. The minimum atomic E-state index is -0.455. The lowest BCUT2D eigenvalue weighted by molar-refractivity contribution is -0.385. The van der Waals surface area contributed by atoms with Crippen molar-refractivity contribution in [2.24, 2.45) is 0 Å². The smallest absolute Gasteiger partial charge is 0.276 e. The predicted molar refractivity (Wildman–Crippen MR) is 113 cm³/mol. The van der Waals surface area contributed by atoms with Crippen LogP contribution in [0.2, 0.25) is 0 Å². The summed E-state index contributed by atoms with van der Waals surface area (Å²) in [6, 6.07) is 14.2. The number of nitrogens with zero attached hydrogens (tertiary/aromatic N) is 2. The molecule has 30 heavy (non-hydrogen) atoms. The fourth-order valence-electron chi connectivity index (χ4n) is 3.28. The Kier molecular flexibility index (Phi) is 5.61. The average molecular weight is 405 g/mol. The standard InChI is InChI=1S/C23H23N3O4/c27-22(14-9-17-3-1-2-4-21(17)26(29)30)25(20-12-13-20)15-16-5-7-18(8-6-16)23(28)24-19-10-11-19/h1-9,14,19-20H,10-13,15H2,(H,24,28)/b14-9+. The highest BCUT2D eigenvalue weighted by atomic mass is 16.6. The Balaban J connectivity index is 1.43. The molecule has 0 unspecified atom stereocenters. The lowest BCUT2D eigenvalue weighted by Crippen LogP contribution is -2.31. The number of carbonyl (C=O) groups excluding carboxylic acids is 2. The SMILES string of the molecule is O=C(NC1CC1)c1ccc(CN(C(=O)/C=C/c2ccccc2[N+](=O)[O-])C2CC2)cc1. The number of nitro benzene ring substituents is 1. The van der Waals surface area contributed by atoms with E-state index in [0.29, 0.717) is 23.7 Å². The van der Waals surface area contributed by atoms with Crippen LogP contribution >= 0.6 is 0 Å². The summed E-state index contributed by atoms with van der Waals surface area (Å²) in [7, 11) is 0. The number of nitrogens with one attached hydrogen (secondary N) is 1. The van der Waals surface area contributed by atoms with Crippen molar-refractivity contribution in [2.45, 2.75) is 44.3 Å². The Morgan fingerprint density at radius 1 is 1.07 bits per heavy atom. The maximum Gasteiger partial charge on any atom is 0.276 e. The van der Waals surface area contributed by atoms with Gasteiger partial charge >= 0.3 is 0 Å². The van der Waals surface area contributed by atoms with E-state index < -0.39 is 4.92 Å². The zero-order valence-corrected chi connectivity index (χ0v) is 16.5. The van der Waals surface area contributed by atoms with Gasteiger partial charge in [0.25, 0.3) is 11.6 Å². The molecule has 2 saturated carbocycles. The van der Waals surface area contributed by atoms with Crippen LogP contribution < -0.4 is 5.32 Å². The van der Waals surface area contributed by atoms with Crippen molar-refractivity contribution in [1.29, 1.82) is 0 Å². The van der Waals surface area contributed by atoms with Crippen molar-refractivity contribution in [2.75, 3.05) is 0 Å². The molecule has 0 aromatic heterocycles. The molecule has 7 nitrogen and oxygen atoms in total. The molecule has 2 aliphatic rings. The number of hydrogen-bond acceptors (Lipinski definition) is 4. The summed E-state index contributed by atoms with van der Waals surface area (Å²) in [5, 5.41) is 14.1. The highest BCUT2D eigenvalue weighted by molar-refractivity contribution is 5.95. The number of benzene rings is 2. The Bertz CT molecular complexity index is 992. The van der Waals surface area contributed by atoms with Gasteiger partial charge in [-0.25, -0.2) is 0 Å². The van der Waals surface area contributed by atoms with E-state index >= 15 is 0 Å². The van der Waals surface area contributed by atoms with Crippen molar-refractivity contribution in [3.63, 3.8) is 0 Å². The Labute approximate surface area is 174 Å². The number of carbonyl (C=O) groups is 2. The highest BCUT2D eigenvalue weighted by Gasteiger charge is 2.31. The van der Waals surface area contributed by atoms with Gasteiger partial charge in [0.2, 0.25) is 5.91 Å². The summed E-state index contributed by atoms with van der Waals surface area (Å²) in [5.41, 5.74) is 1.93. The highest BCUT2D eigenvalue weighted by Crippen LogP contribution is 2.29. The normalized spacial score (nSPS) is 15.7. The molecule has 2 fully saturated rings. The van der Waals surface area contributed by atoms with Crippen LogP contribution in [-0.2, 0) is 11.3 Å². The van der Waals surface area contributed by atoms with Gasteiger partial charge in [-0.15, -0.1) is 0 Å². The molecule has 0 heterocycles. The van der Waals surface area contributed by atoms with Gasteiger partial charge in [-0.3, -0.25) is 19.7 Å². The third kappa shape index (κ3) is 4.92. The zero-order valence-electron chi connectivity index (χ0n) is 16.5. The Morgan fingerprint density at radius 3 is 2.40 bits per heavy atom. The first-order chi connectivity index (χ1) is 14.5. The summed E-state index contributed by atoms with van der Waals surface area (Å²) >= 11 is 0. The van der Waals surface area contributed by atoms with Crippen LogP contribution in [-0.4, -0.2) is 33.7 Å². The molecule has 7 heteroatoms. The van der Waals surface area contributed by atoms with Crippen molar-refractivity contribution < 1.29 is 14.5 Å². The number of para-hydroxylation sites is 1. The van der Waals surface area contributed by atoms with Crippen molar-refractivity contribution >= 4 is 23.6 Å². The van der Waals surface area contributed by atoms with E-state index in [4.69, 9.17) is 0 Å². The second-order valence-electron chi connectivity index (χ2n) is 7.79. The molecule has 0 aliphatic heterocycles. The molecule has 0 radical (unpaired) electrons. The van der Waals surface area contributed by atoms with Gasteiger partial charge in [-0.2, -0.15) is 0 Å². The molecule has 0 atom stereocenters. The third-order valence-electron chi connectivity index (χ3n) is 5.29. The maximum atomic E-state index is 12.8. The quantitative estimate of drug-likeness (QED) is 0.412. The van der Waals surface area contributed by atoms with Crippen LogP contribution in [0.1, 0.15) is 47.2 Å². The molecular formula is C23H23N3O4. The number of nitro groups is 1. The number of hydrogen-bond donors (Lipinski definition) is 1. The molecule has 154 valence electrons. The molecule has 0 bridgehead atoms. The first kappa shape index (κ1) is 19.8. The maximum absolute atomic E-state index is 12.8. The summed E-state index contributed by atoms with van der Waals surface area (Å²) < 4.78 is 0. The van der Waals surface area contributed by atoms with E-state index in [0.717, 1.165) is 31.2 Å². The second kappa shape index (κ2) is 8.49. The number of amides is 2. The molecule has 2 aromatic carbocycles. The van der Waals surface area contributed by atoms with Gasteiger partial charge < -0.3 is 10.2 Å². The minimum absolute atomic E-state index is 0.0282. The van der Waals surface area contributed by atoms with Gasteiger partial charge in [0, 0.05) is 36.3 Å². The van der Waals surface area contributed by atoms with Crippen LogP contribution in [0.4, 0.5) is 5.69 Å². The van der Waals surface area contributed by atoms with E-state index in [-0.39, 0.29) is 23.5 Å². The summed E-state index contributed by atoms with van der Waals surface area (Å²) in [6.45, 7) is 0.440. The lowest BCUT2D eigenvalue weighted by atomic mass is 10.1. The topological polar surface area (TPSA) is 92.6 Å². The molecule has 2 amide bonds. The largest absolute Gasteiger partial charge is 0.349 e. The molecular weight excluding hydrogens is 382 g/mol. The van der Waals surface area contributed by atoms with Gasteiger partial charge in [0.1, 0.15) is 0 Å². The lowest BCUT2D eigenvalue weighted by Gasteiger charge is -2.21.